The van der Waals surface area contributed by atoms with Crippen LogP contribution in [0.3, 0.4) is 0 Å². The molecule has 1 aliphatic heterocycles. The summed E-state index contributed by atoms with van der Waals surface area (Å²) < 4.78 is 35.0. The molecular weight excluding hydrogens is 417 g/mol. The number of rotatable bonds is 4. The predicted molar refractivity (Wildman–Crippen MR) is 108 cm³/mol. The van der Waals surface area contributed by atoms with Crippen LogP contribution >= 0.6 is 11.6 Å². The second kappa shape index (κ2) is 7.51. The van der Waals surface area contributed by atoms with Crippen LogP contribution in [0.2, 0.25) is 5.02 Å². The number of H-pyrrole nitrogens is 1. The molecule has 0 saturated carbocycles. The number of halogens is 2. The van der Waals surface area contributed by atoms with Crippen molar-refractivity contribution in [1.82, 2.24) is 14.5 Å². The molecule has 9 heteroatoms. The van der Waals surface area contributed by atoms with E-state index in [9.17, 15) is 13.4 Å². The summed E-state index contributed by atoms with van der Waals surface area (Å²) in [5, 5.41) is 6.77. The summed E-state index contributed by atoms with van der Waals surface area (Å²) in [6.45, 7) is 5.87. The molecule has 1 aromatic heterocycles. The van der Waals surface area contributed by atoms with Gasteiger partial charge in [-0.15, -0.1) is 5.10 Å². The van der Waals surface area contributed by atoms with Gasteiger partial charge in [-0.3, -0.25) is 0 Å². The number of nitrogens with zero attached hydrogens (tertiary/aromatic N) is 2. The van der Waals surface area contributed by atoms with Gasteiger partial charge in [-0.2, -0.15) is 0 Å². The third-order valence-corrected chi connectivity index (χ3v) is 7.22. The number of aromatic amines is 1. The standard InChI is InChI=1S/C20H19ClFN3O3S/c1-10-4-6-15(22)17(11(10)2)12(3)18(19-23-24-20(26)28-19)25-9-13-8-14(21)5-7-16(13)29(25)27/h4-8,12,18H,9H2,1-3H3,(H,24,26)/t12-,18?,29?/m1/s1. The Morgan fingerprint density at radius 3 is 2.76 bits per heavy atom. The summed E-state index contributed by atoms with van der Waals surface area (Å²) in [7, 11) is -1.54. The molecule has 3 atom stereocenters. The molecule has 2 heterocycles. The van der Waals surface area contributed by atoms with Crippen LogP contribution in [0.1, 0.15) is 47.0 Å². The van der Waals surface area contributed by atoms with Crippen molar-refractivity contribution in [2.75, 3.05) is 0 Å². The highest BCUT2D eigenvalue weighted by atomic mass is 35.5. The zero-order valence-corrected chi connectivity index (χ0v) is 17.6. The van der Waals surface area contributed by atoms with Crippen LogP contribution in [0.25, 0.3) is 0 Å². The SMILES string of the molecule is Cc1ccc(F)c([C@@H](C)C(c2n[nH]c(=O)o2)N2Cc3cc(Cl)ccc3S2=O)c1C. The molecule has 0 spiro atoms. The van der Waals surface area contributed by atoms with Gasteiger partial charge in [0.1, 0.15) is 22.8 Å². The van der Waals surface area contributed by atoms with Crippen LogP contribution in [-0.4, -0.2) is 18.7 Å². The average Bonchev–Trinajstić information content (AvgIpc) is 3.23. The van der Waals surface area contributed by atoms with E-state index in [1.165, 1.54) is 6.07 Å². The van der Waals surface area contributed by atoms with E-state index in [-0.39, 0.29) is 11.7 Å². The van der Waals surface area contributed by atoms with Crippen molar-refractivity contribution in [1.29, 1.82) is 0 Å². The molecule has 1 N–H and O–H groups in total. The summed E-state index contributed by atoms with van der Waals surface area (Å²) in [5.74, 6) is -1.51. The van der Waals surface area contributed by atoms with Gasteiger partial charge in [0, 0.05) is 17.5 Å². The summed E-state index contributed by atoms with van der Waals surface area (Å²) >= 11 is 6.09. The lowest BCUT2D eigenvalue weighted by Gasteiger charge is -2.30. The van der Waals surface area contributed by atoms with E-state index >= 15 is 0 Å². The normalized spacial score (nSPS) is 18.6. The number of nitrogens with one attached hydrogen (secondary N) is 1. The van der Waals surface area contributed by atoms with Crippen molar-refractivity contribution in [3.8, 4) is 0 Å². The molecule has 6 nitrogen and oxygen atoms in total. The first-order chi connectivity index (χ1) is 13.8. The Bertz CT molecular complexity index is 1180. The maximum Gasteiger partial charge on any atom is 0.434 e. The molecule has 1 aliphatic rings. The van der Waals surface area contributed by atoms with Crippen LogP contribution in [0.4, 0.5) is 4.39 Å². The average molecular weight is 436 g/mol. The van der Waals surface area contributed by atoms with Crippen molar-refractivity contribution in [3.63, 3.8) is 0 Å². The number of benzene rings is 2. The highest BCUT2D eigenvalue weighted by molar-refractivity contribution is 7.83. The van der Waals surface area contributed by atoms with E-state index in [0.717, 1.165) is 16.7 Å². The summed E-state index contributed by atoms with van der Waals surface area (Å²) in [5.41, 5.74) is 3.03. The minimum absolute atomic E-state index is 0.0649. The lowest BCUT2D eigenvalue weighted by atomic mass is 9.87. The second-order valence-electron chi connectivity index (χ2n) is 7.16. The van der Waals surface area contributed by atoms with Crippen molar-refractivity contribution in [2.24, 2.45) is 0 Å². The van der Waals surface area contributed by atoms with Gasteiger partial charge in [-0.25, -0.2) is 22.8 Å². The third kappa shape index (κ3) is 3.45. The Kier molecular flexibility index (Phi) is 5.18. The molecule has 0 radical (unpaired) electrons. The molecule has 0 saturated heterocycles. The first-order valence-corrected chi connectivity index (χ1v) is 10.5. The Hall–Kier alpha value is -2.29. The van der Waals surface area contributed by atoms with E-state index in [1.54, 1.807) is 28.6 Å². The molecule has 0 aliphatic carbocycles. The van der Waals surface area contributed by atoms with E-state index in [4.69, 9.17) is 16.0 Å². The largest absolute Gasteiger partial charge is 0.434 e. The lowest BCUT2D eigenvalue weighted by molar-refractivity contribution is 0.250. The minimum atomic E-state index is -1.54. The van der Waals surface area contributed by atoms with Gasteiger partial charge >= 0.3 is 5.76 Å². The van der Waals surface area contributed by atoms with Gasteiger partial charge < -0.3 is 4.42 Å². The quantitative estimate of drug-likeness (QED) is 0.667. The molecule has 2 unspecified atom stereocenters. The highest BCUT2D eigenvalue weighted by Crippen LogP contribution is 2.43. The summed E-state index contributed by atoms with van der Waals surface area (Å²) in [6.07, 6.45) is 0. The van der Waals surface area contributed by atoms with Crippen LogP contribution in [0, 0.1) is 19.7 Å². The van der Waals surface area contributed by atoms with Crippen LogP contribution in [-0.2, 0) is 17.5 Å². The van der Waals surface area contributed by atoms with Gasteiger partial charge in [0.15, 0.2) is 0 Å². The summed E-state index contributed by atoms with van der Waals surface area (Å²) in [6, 6.07) is 7.57. The number of aromatic nitrogens is 2. The molecule has 4 rings (SSSR count). The molecule has 0 fully saturated rings. The zero-order chi connectivity index (χ0) is 20.9. The Balaban J connectivity index is 1.83. The topological polar surface area (TPSA) is 79.2 Å². The molecule has 3 aromatic rings. The fraction of sp³-hybridized carbons (Fsp3) is 0.300. The second-order valence-corrected chi connectivity index (χ2v) is 9.01. The number of aryl methyl sites for hydroxylation is 1. The van der Waals surface area contributed by atoms with E-state index < -0.39 is 28.7 Å². The van der Waals surface area contributed by atoms with Crippen molar-refractivity contribution < 1.29 is 13.0 Å². The van der Waals surface area contributed by atoms with E-state index in [0.29, 0.717) is 22.0 Å². The maximum atomic E-state index is 14.8. The van der Waals surface area contributed by atoms with Crippen molar-refractivity contribution in [3.05, 3.63) is 79.9 Å². The van der Waals surface area contributed by atoms with E-state index in [1.807, 2.05) is 20.8 Å². The van der Waals surface area contributed by atoms with Gasteiger partial charge in [0.05, 0.1) is 4.90 Å². The van der Waals surface area contributed by atoms with Gasteiger partial charge in [0.2, 0.25) is 5.89 Å². The fourth-order valence-corrected chi connectivity index (χ4v) is 5.59. The third-order valence-electron chi connectivity index (χ3n) is 5.43. The molecule has 29 heavy (non-hydrogen) atoms. The van der Waals surface area contributed by atoms with Gasteiger partial charge in [-0.1, -0.05) is 24.6 Å². The van der Waals surface area contributed by atoms with Crippen LogP contribution in [0.15, 0.2) is 44.4 Å². The Labute approximate surface area is 174 Å². The zero-order valence-electron chi connectivity index (χ0n) is 16.0. The predicted octanol–water partition coefficient (Wildman–Crippen LogP) is 4.16. The van der Waals surface area contributed by atoms with Gasteiger partial charge in [0.25, 0.3) is 0 Å². The Morgan fingerprint density at radius 2 is 2.07 bits per heavy atom. The fourth-order valence-electron chi connectivity index (χ4n) is 3.87. The maximum absolute atomic E-state index is 14.8. The molecule has 0 bridgehead atoms. The first-order valence-electron chi connectivity index (χ1n) is 9.06. The number of hydrogen-bond acceptors (Lipinski definition) is 4. The smallest absolute Gasteiger partial charge is 0.391 e. The Morgan fingerprint density at radius 1 is 1.31 bits per heavy atom. The summed E-state index contributed by atoms with van der Waals surface area (Å²) in [4.78, 5) is 12.3. The first kappa shape index (κ1) is 20.0. The molecule has 0 amide bonds. The van der Waals surface area contributed by atoms with Crippen LogP contribution in [0.5, 0.6) is 0 Å². The number of fused-ring (bicyclic) bond motifs is 1. The molecular formula is C20H19ClFN3O3S. The van der Waals surface area contributed by atoms with Crippen molar-refractivity contribution >= 4 is 22.6 Å². The van der Waals surface area contributed by atoms with Crippen molar-refractivity contribution in [2.45, 2.75) is 44.2 Å². The lowest BCUT2D eigenvalue weighted by Crippen LogP contribution is -2.30. The molecule has 152 valence electrons. The molecule has 2 aromatic carbocycles. The number of hydrogen-bond donors (Lipinski definition) is 1. The van der Waals surface area contributed by atoms with Gasteiger partial charge in [-0.05, 0) is 60.4 Å². The minimum Gasteiger partial charge on any atom is -0.391 e. The monoisotopic (exact) mass is 435 g/mol. The van der Waals surface area contributed by atoms with Crippen LogP contribution < -0.4 is 5.76 Å². The highest BCUT2D eigenvalue weighted by Gasteiger charge is 2.41. The van der Waals surface area contributed by atoms with E-state index in [2.05, 4.69) is 10.2 Å².